The van der Waals surface area contributed by atoms with Crippen molar-refractivity contribution in [3.8, 4) is 0 Å². The lowest BCUT2D eigenvalue weighted by molar-refractivity contribution is 0.899. The summed E-state index contributed by atoms with van der Waals surface area (Å²) in [7, 11) is 0. The lowest BCUT2D eigenvalue weighted by Crippen LogP contribution is -2.15. The maximum absolute atomic E-state index is 5.55. The van der Waals surface area contributed by atoms with E-state index in [1.165, 1.54) is 0 Å². The predicted octanol–water partition coefficient (Wildman–Crippen LogP) is 1.66. The van der Waals surface area contributed by atoms with Crippen LogP contribution in [0.15, 0.2) is 12.3 Å². The Balaban J connectivity index is 1.82. The number of hydrogen-bond donors (Lipinski definition) is 3. The molecular weight excluding hydrogens is 266 g/mol. The molecule has 1 aliphatic carbocycles. The minimum atomic E-state index is 0.472. The van der Waals surface area contributed by atoms with Crippen molar-refractivity contribution < 1.29 is 0 Å². The minimum absolute atomic E-state index is 0.472. The third-order valence-corrected chi connectivity index (χ3v) is 3.51. The molecule has 0 bridgehead atoms. The molecule has 0 saturated heterocycles. The van der Waals surface area contributed by atoms with E-state index in [9.17, 15) is 0 Å². The van der Waals surface area contributed by atoms with E-state index in [-0.39, 0.29) is 0 Å². The topological polar surface area (TPSA) is 102 Å². The van der Waals surface area contributed by atoms with E-state index in [4.69, 9.17) is 5.84 Å². The Morgan fingerprint density at radius 3 is 2.62 bits per heavy atom. The average molecular weight is 285 g/mol. The van der Waals surface area contributed by atoms with Gasteiger partial charge in [0.25, 0.3) is 0 Å². The molecular formula is C14H19N7. The second kappa shape index (κ2) is 5.61. The first-order valence-corrected chi connectivity index (χ1v) is 7.05. The highest BCUT2D eigenvalue weighted by molar-refractivity contribution is 5.57. The van der Waals surface area contributed by atoms with E-state index in [0.29, 0.717) is 18.3 Å². The quantitative estimate of drug-likeness (QED) is 0.567. The van der Waals surface area contributed by atoms with Gasteiger partial charge in [0, 0.05) is 17.7 Å². The zero-order valence-electron chi connectivity index (χ0n) is 12.2. The Labute approximate surface area is 123 Å². The molecule has 0 atom stereocenters. The molecule has 2 aromatic heterocycles. The number of anilines is 2. The fraction of sp³-hybridized carbons (Fsp3) is 0.429. The van der Waals surface area contributed by atoms with Crippen molar-refractivity contribution in [2.24, 2.45) is 5.84 Å². The number of aryl methyl sites for hydroxylation is 1. The van der Waals surface area contributed by atoms with E-state index in [2.05, 4.69) is 30.7 Å². The van der Waals surface area contributed by atoms with Crippen LogP contribution in [0.5, 0.6) is 0 Å². The van der Waals surface area contributed by atoms with Crippen molar-refractivity contribution in [3.05, 3.63) is 35.2 Å². The van der Waals surface area contributed by atoms with E-state index in [1.807, 2.05) is 19.9 Å². The van der Waals surface area contributed by atoms with E-state index < -0.39 is 0 Å². The van der Waals surface area contributed by atoms with Crippen LogP contribution in [-0.2, 0) is 6.54 Å². The van der Waals surface area contributed by atoms with Crippen LogP contribution >= 0.6 is 0 Å². The molecule has 3 rings (SSSR count). The largest absolute Gasteiger partial charge is 0.364 e. The summed E-state index contributed by atoms with van der Waals surface area (Å²) in [5.74, 6) is 9.11. The summed E-state index contributed by atoms with van der Waals surface area (Å²) in [6.07, 6.45) is 4.06. The van der Waals surface area contributed by atoms with Gasteiger partial charge in [-0.3, -0.25) is 0 Å². The number of rotatable bonds is 5. The van der Waals surface area contributed by atoms with E-state index >= 15 is 0 Å². The van der Waals surface area contributed by atoms with Crippen molar-refractivity contribution in [3.63, 3.8) is 0 Å². The summed E-state index contributed by atoms with van der Waals surface area (Å²) in [6, 6.07) is 1.89. The molecule has 7 nitrogen and oxygen atoms in total. The molecule has 7 heteroatoms. The van der Waals surface area contributed by atoms with Crippen LogP contribution in [0.1, 0.15) is 41.7 Å². The maximum atomic E-state index is 5.55. The van der Waals surface area contributed by atoms with Gasteiger partial charge in [0.2, 0.25) is 0 Å². The molecule has 0 aliphatic heterocycles. The smallest absolute Gasteiger partial charge is 0.148 e. The summed E-state index contributed by atoms with van der Waals surface area (Å²) in [4.78, 5) is 17.6. The number of aromatic nitrogens is 4. The van der Waals surface area contributed by atoms with Crippen LogP contribution < -0.4 is 16.6 Å². The number of nitrogens with one attached hydrogen (secondary N) is 2. The lowest BCUT2D eigenvalue weighted by Gasteiger charge is -2.13. The Hall–Kier alpha value is -2.28. The molecule has 2 heterocycles. The Morgan fingerprint density at radius 1 is 1.19 bits per heavy atom. The fourth-order valence-electron chi connectivity index (χ4n) is 2.15. The first-order valence-electron chi connectivity index (χ1n) is 7.05. The summed E-state index contributed by atoms with van der Waals surface area (Å²) in [5.41, 5.74) is 4.49. The molecule has 0 amide bonds. The summed E-state index contributed by atoms with van der Waals surface area (Å²) in [6.45, 7) is 4.41. The predicted molar refractivity (Wildman–Crippen MR) is 80.6 cm³/mol. The molecule has 0 aromatic carbocycles. The molecule has 2 aromatic rings. The van der Waals surface area contributed by atoms with Crippen molar-refractivity contribution >= 4 is 11.6 Å². The number of nitrogen functional groups attached to an aromatic ring is 1. The van der Waals surface area contributed by atoms with Gasteiger partial charge in [-0.1, -0.05) is 0 Å². The van der Waals surface area contributed by atoms with Gasteiger partial charge in [0.05, 0.1) is 12.2 Å². The van der Waals surface area contributed by atoms with Gasteiger partial charge >= 0.3 is 0 Å². The second-order valence-electron chi connectivity index (χ2n) is 5.27. The van der Waals surface area contributed by atoms with Crippen molar-refractivity contribution in [2.45, 2.75) is 39.2 Å². The van der Waals surface area contributed by atoms with E-state index in [1.54, 1.807) is 6.20 Å². The zero-order valence-corrected chi connectivity index (χ0v) is 12.2. The van der Waals surface area contributed by atoms with Crippen LogP contribution in [-0.4, -0.2) is 19.9 Å². The first kappa shape index (κ1) is 13.7. The van der Waals surface area contributed by atoms with Gasteiger partial charge in [-0.05, 0) is 32.8 Å². The van der Waals surface area contributed by atoms with Crippen molar-refractivity contribution in [1.29, 1.82) is 0 Å². The molecule has 0 unspecified atom stereocenters. The van der Waals surface area contributed by atoms with Crippen molar-refractivity contribution in [2.75, 3.05) is 10.7 Å². The molecule has 0 radical (unpaired) electrons. The summed E-state index contributed by atoms with van der Waals surface area (Å²) in [5, 5.41) is 3.32. The second-order valence-corrected chi connectivity index (χ2v) is 5.27. The standard InChI is InChI=1S/C14H19N7/c1-8-12(17-7-11-5-6-16-9(2)18-11)19-14(10-3-4-10)20-13(8)21-15/h5-6,10H,3-4,7,15H2,1-2H3,(H2,17,19,20,21). The highest BCUT2D eigenvalue weighted by atomic mass is 15.3. The minimum Gasteiger partial charge on any atom is -0.364 e. The maximum Gasteiger partial charge on any atom is 0.148 e. The van der Waals surface area contributed by atoms with Gasteiger partial charge in [0.15, 0.2) is 0 Å². The monoisotopic (exact) mass is 285 g/mol. The number of hydrogen-bond acceptors (Lipinski definition) is 7. The summed E-state index contributed by atoms with van der Waals surface area (Å²) >= 11 is 0. The van der Waals surface area contributed by atoms with Gasteiger partial charge in [-0.2, -0.15) is 0 Å². The highest BCUT2D eigenvalue weighted by Crippen LogP contribution is 2.39. The SMILES string of the molecule is Cc1nccc(CNc2nc(C3CC3)nc(NN)c2C)n1. The van der Waals surface area contributed by atoms with E-state index in [0.717, 1.165) is 41.6 Å². The van der Waals surface area contributed by atoms with Crippen LogP contribution in [0.25, 0.3) is 0 Å². The number of nitrogens with two attached hydrogens (primary N) is 1. The number of hydrazine groups is 1. The Kier molecular flexibility index (Phi) is 3.66. The zero-order chi connectivity index (χ0) is 14.8. The van der Waals surface area contributed by atoms with Gasteiger partial charge in [0.1, 0.15) is 23.3 Å². The van der Waals surface area contributed by atoms with Crippen LogP contribution in [0.3, 0.4) is 0 Å². The number of nitrogens with zero attached hydrogens (tertiary/aromatic N) is 4. The van der Waals surface area contributed by atoms with Gasteiger partial charge in [-0.25, -0.2) is 25.8 Å². The first-order chi connectivity index (χ1) is 10.2. The average Bonchev–Trinajstić information content (AvgIpc) is 3.31. The highest BCUT2D eigenvalue weighted by Gasteiger charge is 2.28. The third kappa shape index (κ3) is 3.08. The molecule has 1 aliphatic rings. The van der Waals surface area contributed by atoms with Crippen LogP contribution in [0.2, 0.25) is 0 Å². The molecule has 1 saturated carbocycles. The molecule has 4 N–H and O–H groups in total. The fourth-order valence-corrected chi connectivity index (χ4v) is 2.15. The van der Waals surface area contributed by atoms with Crippen LogP contribution in [0, 0.1) is 13.8 Å². The molecule has 1 fully saturated rings. The molecule has 0 spiro atoms. The van der Waals surface area contributed by atoms with Crippen LogP contribution in [0.4, 0.5) is 11.6 Å². The molecule has 110 valence electrons. The van der Waals surface area contributed by atoms with Crippen molar-refractivity contribution in [1.82, 2.24) is 19.9 Å². The summed E-state index contributed by atoms with van der Waals surface area (Å²) < 4.78 is 0. The lowest BCUT2D eigenvalue weighted by atomic mass is 10.2. The Morgan fingerprint density at radius 2 is 1.95 bits per heavy atom. The normalized spacial score (nSPS) is 14.0. The van der Waals surface area contributed by atoms with Gasteiger partial charge < -0.3 is 10.7 Å². The Bertz CT molecular complexity index is 652. The molecule has 21 heavy (non-hydrogen) atoms. The van der Waals surface area contributed by atoms with Gasteiger partial charge in [-0.15, -0.1) is 0 Å². The third-order valence-electron chi connectivity index (χ3n) is 3.51.